The number of hydrogen-bond donors (Lipinski definition) is 1. The summed E-state index contributed by atoms with van der Waals surface area (Å²) in [7, 11) is 1.75. The molecule has 5 nitrogen and oxygen atoms in total. The second-order valence-corrected chi connectivity index (χ2v) is 7.75. The second kappa shape index (κ2) is 6.74. The molecular formula is C17H25N3O2S. The van der Waals surface area contributed by atoms with E-state index >= 15 is 0 Å². The van der Waals surface area contributed by atoms with Crippen LogP contribution in [0.5, 0.6) is 0 Å². The van der Waals surface area contributed by atoms with Gasteiger partial charge in [-0.3, -0.25) is 0 Å². The molecule has 0 radical (unpaired) electrons. The van der Waals surface area contributed by atoms with E-state index in [4.69, 9.17) is 4.42 Å². The lowest BCUT2D eigenvalue weighted by atomic mass is 9.93. The monoisotopic (exact) mass is 335 g/mol. The number of rotatable bonds is 4. The third-order valence-corrected chi connectivity index (χ3v) is 4.56. The molecule has 0 spiro atoms. The first-order valence-corrected chi connectivity index (χ1v) is 8.57. The van der Waals surface area contributed by atoms with Crippen molar-refractivity contribution in [3.8, 4) is 0 Å². The molecule has 2 amide bonds. The quantitative estimate of drug-likeness (QED) is 0.909. The zero-order valence-electron chi connectivity index (χ0n) is 14.6. The molecule has 0 bridgehead atoms. The SMILES string of the molecule is Cc1ccc(CN(C)C(=O)N[C@@H](C)c2nc(C(C)(C)C)cs2)o1. The zero-order chi connectivity index (χ0) is 17.2. The Labute approximate surface area is 141 Å². The molecule has 2 rings (SSSR count). The Morgan fingerprint density at radius 2 is 2.13 bits per heavy atom. The fourth-order valence-electron chi connectivity index (χ4n) is 2.06. The van der Waals surface area contributed by atoms with Gasteiger partial charge >= 0.3 is 6.03 Å². The number of nitrogens with one attached hydrogen (secondary N) is 1. The highest BCUT2D eigenvalue weighted by Crippen LogP contribution is 2.26. The van der Waals surface area contributed by atoms with Gasteiger partial charge in [-0.25, -0.2) is 9.78 Å². The molecular weight excluding hydrogens is 310 g/mol. The lowest BCUT2D eigenvalue weighted by Gasteiger charge is -2.20. The average molecular weight is 335 g/mol. The number of nitrogens with zero attached hydrogens (tertiary/aromatic N) is 2. The van der Waals surface area contributed by atoms with Gasteiger partial charge in [0, 0.05) is 17.8 Å². The van der Waals surface area contributed by atoms with Gasteiger partial charge in [-0.15, -0.1) is 11.3 Å². The van der Waals surface area contributed by atoms with Crippen LogP contribution in [-0.2, 0) is 12.0 Å². The second-order valence-electron chi connectivity index (χ2n) is 6.86. The molecule has 0 aliphatic rings. The Morgan fingerprint density at radius 3 is 2.65 bits per heavy atom. The zero-order valence-corrected chi connectivity index (χ0v) is 15.5. The molecule has 2 aromatic rings. The van der Waals surface area contributed by atoms with Crippen molar-refractivity contribution in [2.45, 2.75) is 52.6 Å². The van der Waals surface area contributed by atoms with E-state index < -0.39 is 0 Å². The van der Waals surface area contributed by atoms with Crippen LogP contribution in [0.1, 0.15) is 56.0 Å². The van der Waals surface area contributed by atoms with Crippen molar-refractivity contribution in [1.29, 1.82) is 0 Å². The van der Waals surface area contributed by atoms with Crippen LogP contribution in [-0.4, -0.2) is 23.0 Å². The number of hydrogen-bond acceptors (Lipinski definition) is 4. The van der Waals surface area contributed by atoms with Crippen molar-refractivity contribution in [3.63, 3.8) is 0 Å². The van der Waals surface area contributed by atoms with Gasteiger partial charge in [0.15, 0.2) is 0 Å². The first kappa shape index (κ1) is 17.5. The van der Waals surface area contributed by atoms with Crippen molar-refractivity contribution < 1.29 is 9.21 Å². The standard InChI is InChI=1S/C17H25N3O2S/c1-11-7-8-13(22-11)9-20(6)16(21)18-12(2)15-19-14(10-23-15)17(3,4)5/h7-8,10,12H,9H2,1-6H3,(H,18,21)/t12-/m0/s1. The normalized spacial score (nSPS) is 13.0. The number of amides is 2. The minimum Gasteiger partial charge on any atom is -0.464 e. The summed E-state index contributed by atoms with van der Waals surface area (Å²) in [4.78, 5) is 18.5. The average Bonchev–Trinajstić information content (AvgIpc) is 3.07. The lowest BCUT2D eigenvalue weighted by molar-refractivity contribution is 0.199. The van der Waals surface area contributed by atoms with E-state index in [-0.39, 0.29) is 17.5 Å². The number of carbonyl (C=O) groups excluding carboxylic acids is 1. The molecule has 2 aromatic heterocycles. The lowest BCUT2D eigenvalue weighted by Crippen LogP contribution is -2.38. The molecule has 0 saturated carbocycles. The maximum absolute atomic E-state index is 12.3. The number of aryl methyl sites for hydroxylation is 1. The third kappa shape index (κ3) is 4.58. The van der Waals surface area contributed by atoms with Crippen molar-refractivity contribution in [1.82, 2.24) is 15.2 Å². The van der Waals surface area contributed by atoms with Crippen LogP contribution in [0, 0.1) is 6.92 Å². The Hall–Kier alpha value is -1.82. The Morgan fingerprint density at radius 1 is 1.43 bits per heavy atom. The predicted molar refractivity (Wildman–Crippen MR) is 92.7 cm³/mol. The molecule has 0 aliphatic carbocycles. The van der Waals surface area contributed by atoms with Crippen LogP contribution in [0.3, 0.4) is 0 Å². The van der Waals surface area contributed by atoms with E-state index in [1.165, 1.54) is 0 Å². The molecule has 6 heteroatoms. The van der Waals surface area contributed by atoms with Gasteiger partial charge in [-0.1, -0.05) is 20.8 Å². The van der Waals surface area contributed by atoms with E-state index in [9.17, 15) is 4.79 Å². The van der Waals surface area contributed by atoms with Crippen LogP contribution >= 0.6 is 11.3 Å². The summed E-state index contributed by atoms with van der Waals surface area (Å²) in [5.41, 5.74) is 1.07. The van der Waals surface area contributed by atoms with E-state index in [1.807, 2.05) is 26.0 Å². The first-order chi connectivity index (χ1) is 10.7. The third-order valence-electron chi connectivity index (χ3n) is 3.54. The minimum atomic E-state index is -0.140. The predicted octanol–water partition coefficient (Wildman–Crippen LogP) is 4.24. The summed E-state index contributed by atoms with van der Waals surface area (Å²) in [5, 5.41) is 5.97. The van der Waals surface area contributed by atoms with Gasteiger partial charge in [0.2, 0.25) is 0 Å². The van der Waals surface area contributed by atoms with Crippen LogP contribution in [0.2, 0.25) is 0 Å². The van der Waals surface area contributed by atoms with Crippen LogP contribution in [0.4, 0.5) is 4.79 Å². The highest BCUT2D eigenvalue weighted by molar-refractivity contribution is 7.09. The van der Waals surface area contributed by atoms with Gasteiger partial charge in [-0.05, 0) is 26.0 Å². The van der Waals surface area contributed by atoms with E-state index in [0.717, 1.165) is 22.2 Å². The van der Waals surface area contributed by atoms with Gasteiger partial charge < -0.3 is 14.6 Å². The van der Waals surface area contributed by atoms with Crippen molar-refractivity contribution in [2.24, 2.45) is 0 Å². The Balaban J connectivity index is 1.94. The molecule has 0 aromatic carbocycles. The van der Waals surface area contributed by atoms with Crippen molar-refractivity contribution >= 4 is 17.4 Å². The van der Waals surface area contributed by atoms with E-state index in [1.54, 1.807) is 23.3 Å². The molecule has 23 heavy (non-hydrogen) atoms. The molecule has 2 heterocycles. The van der Waals surface area contributed by atoms with Crippen molar-refractivity contribution in [2.75, 3.05) is 7.05 Å². The molecule has 126 valence electrons. The molecule has 0 saturated heterocycles. The number of aromatic nitrogens is 1. The van der Waals surface area contributed by atoms with Crippen LogP contribution in [0.25, 0.3) is 0 Å². The van der Waals surface area contributed by atoms with Gasteiger partial charge in [0.1, 0.15) is 16.5 Å². The van der Waals surface area contributed by atoms with Gasteiger partial charge in [0.05, 0.1) is 18.3 Å². The minimum absolute atomic E-state index is 0.0203. The summed E-state index contributed by atoms with van der Waals surface area (Å²) < 4.78 is 5.50. The van der Waals surface area contributed by atoms with Crippen molar-refractivity contribution in [3.05, 3.63) is 39.7 Å². The highest BCUT2D eigenvalue weighted by atomic mass is 32.1. The fourth-order valence-corrected chi connectivity index (χ4v) is 3.12. The van der Waals surface area contributed by atoms with Crippen LogP contribution in [0.15, 0.2) is 21.9 Å². The molecule has 0 fully saturated rings. The highest BCUT2D eigenvalue weighted by Gasteiger charge is 2.21. The van der Waals surface area contributed by atoms with Gasteiger partial charge in [-0.2, -0.15) is 0 Å². The summed E-state index contributed by atoms with van der Waals surface area (Å²) in [6.07, 6.45) is 0. The maximum atomic E-state index is 12.3. The molecule has 0 unspecified atom stereocenters. The number of furan rings is 1. The maximum Gasteiger partial charge on any atom is 0.318 e. The largest absolute Gasteiger partial charge is 0.464 e. The summed E-state index contributed by atoms with van der Waals surface area (Å²) in [5.74, 6) is 1.62. The smallest absolute Gasteiger partial charge is 0.318 e. The molecule has 1 atom stereocenters. The number of carbonyl (C=O) groups is 1. The molecule has 1 N–H and O–H groups in total. The summed E-state index contributed by atoms with van der Waals surface area (Å²) >= 11 is 1.58. The van der Waals surface area contributed by atoms with Crippen LogP contribution < -0.4 is 5.32 Å². The summed E-state index contributed by atoms with van der Waals surface area (Å²) in [6.45, 7) is 10.7. The topological polar surface area (TPSA) is 58.4 Å². The number of thiazole rings is 1. The Kier molecular flexibility index (Phi) is 5.14. The van der Waals surface area contributed by atoms with E-state index in [0.29, 0.717) is 6.54 Å². The summed E-state index contributed by atoms with van der Waals surface area (Å²) in [6, 6.07) is 3.52. The fraction of sp³-hybridized carbons (Fsp3) is 0.529. The molecule has 0 aliphatic heterocycles. The number of urea groups is 1. The Bertz CT molecular complexity index is 669. The van der Waals surface area contributed by atoms with Gasteiger partial charge in [0.25, 0.3) is 0 Å². The first-order valence-electron chi connectivity index (χ1n) is 7.69. The van der Waals surface area contributed by atoms with E-state index in [2.05, 4.69) is 36.5 Å².